The maximum atomic E-state index is 13.3. The monoisotopic (exact) mass is 467 g/mol. The molecule has 2 N–H and O–H groups in total. The lowest BCUT2D eigenvalue weighted by molar-refractivity contribution is -0.121. The Bertz CT molecular complexity index is 1310. The van der Waals surface area contributed by atoms with Crippen molar-refractivity contribution in [3.8, 4) is 11.3 Å². The third-order valence-electron chi connectivity index (χ3n) is 6.94. The molecule has 34 heavy (non-hydrogen) atoms. The van der Waals surface area contributed by atoms with E-state index in [9.17, 15) is 13.6 Å². The van der Waals surface area contributed by atoms with Crippen molar-refractivity contribution in [3.05, 3.63) is 36.3 Å². The molecule has 4 heterocycles. The molecule has 0 spiro atoms. The summed E-state index contributed by atoms with van der Waals surface area (Å²) in [4.78, 5) is 25.1. The second kappa shape index (κ2) is 7.82. The Morgan fingerprint density at radius 1 is 1.26 bits per heavy atom. The largest absolute Gasteiger partial charge is 0.351 e. The molecule has 0 aromatic carbocycles. The lowest BCUT2D eigenvalue weighted by Crippen LogP contribution is -2.59. The highest BCUT2D eigenvalue weighted by Crippen LogP contribution is 2.43. The fraction of sp³-hybridized carbons (Fsp3) is 0.458. The quantitative estimate of drug-likeness (QED) is 0.564. The molecule has 5 rings (SSSR count). The number of nitrogens with zero attached hydrogens (tertiary/aromatic N) is 5. The van der Waals surface area contributed by atoms with Gasteiger partial charge in [-0.05, 0) is 51.8 Å². The molecule has 8 nitrogen and oxygen atoms in total. The topological polar surface area (TPSA) is 96.6 Å². The van der Waals surface area contributed by atoms with E-state index >= 15 is 0 Å². The van der Waals surface area contributed by atoms with E-state index < -0.39 is 11.8 Å². The zero-order chi connectivity index (χ0) is 24.3. The van der Waals surface area contributed by atoms with Gasteiger partial charge in [-0.2, -0.15) is 0 Å². The minimum absolute atomic E-state index is 0.0325. The Labute approximate surface area is 195 Å². The van der Waals surface area contributed by atoms with Crippen molar-refractivity contribution in [2.24, 2.45) is 4.99 Å². The third kappa shape index (κ3) is 3.80. The van der Waals surface area contributed by atoms with Gasteiger partial charge < -0.3 is 10.6 Å². The molecule has 1 atom stereocenters. The molecule has 1 aliphatic heterocycles. The van der Waals surface area contributed by atoms with E-state index in [1.807, 2.05) is 31.3 Å². The summed E-state index contributed by atoms with van der Waals surface area (Å²) in [5.41, 5.74) is 3.03. The van der Waals surface area contributed by atoms with Crippen LogP contribution in [-0.2, 0) is 10.2 Å². The Morgan fingerprint density at radius 3 is 2.74 bits per heavy atom. The normalized spacial score (nSPS) is 25.7. The number of aromatic nitrogens is 4. The van der Waals surface area contributed by atoms with Crippen molar-refractivity contribution >= 4 is 28.8 Å². The van der Waals surface area contributed by atoms with Crippen LogP contribution in [0.25, 0.3) is 16.8 Å². The summed E-state index contributed by atoms with van der Waals surface area (Å²) in [6.07, 6.45) is 2.38. The highest BCUT2D eigenvalue weighted by molar-refractivity contribution is 5.99. The highest BCUT2D eigenvalue weighted by atomic mass is 19.3. The Morgan fingerprint density at radius 2 is 2.03 bits per heavy atom. The van der Waals surface area contributed by atoms with Crippen LogP contribution in [0.1, 0.15) is 52.7 Å². The number of aliphatic imine (C=N–C) groups is 1. The molecular weight excluding hydrogens is 440 g/mol. The van der Waals surface area contributed by atoms with E-state index in [0.717, 1.165) is 23.9 Å². The number of carbonyl (C=O) groups is 1. The fourth-order valence-corrected chi connectivity index (χ4v) is 5.15. The van der Waals surface area contributed by atoms with Gasteiger partial charge in [0.25, 0.3) is 0 Å². The molecule has 1 saturated carbocycles. The first-order valence-corrected chi connectivity index (χ1v) is 11.3. The molecule has 0 radical (unpaired) electrons. The predicted octanol–water partition coefficient (Wildman–Crippen LogP) is 4.28. The van der Waals surface area contributed by atoms with Crippen LogP contribution in [0.3, 0.4) is 0 Å². The standard InChI is InChI=1S/C24H27F2N7O/c1-13-24(4,11-20(25)26)21-18(28-13)6-5-17(30-21)16-7-8-33-19(16)12-27-22(32-33)29-15-9-23(3,10-15)31-14(2)34/h5-8,12,15,20H,9-11H2,1-4H3,(H,29,32)(H,31,34). The predicted molar refractivity (Wildman–Crippen MR) is 126 cm³/mol. The molecule has 1 fully saturated rings. The summed E-state index contributed by atoms with van der Waals surface area (Å²) < 4.78 is 28.3. The Balaban J connectivity index is 1.38. The molecule has 1 unspecified atom stereocenters. The highest BCUT2D eigenvalue weighted by Gasteiger charge is 2.42. The molecule has 1 amide bonds. The number of halogens is 2. The molecule has 3 aromatic rings. The Hall–Kier alpha value is -3.43. The minimum atomic E-state index is -2.45. The van der Waals surface area contributed by atoms with Crippen LogP contribution in [0.15, 0.2) is 35.6 Å². The second-order valence-corrected chi connectivity index (χ2v) is 9.82. The van der Waals surface area contributed by atoms with Crippen molar-refractivity contribution in [1.29, 1.82) is 0 Å². The molecule has 178 valence electrons. The van der Waals surface area contributed by atoms with Gasteiger partial charge in [0.05, 0.1) is 34.2 Å². The molecule has 3 aromatic heterocycles. The van der Waals surface area contributed by atoms with E-state index in [1.54, 1.807) is 24.6 Å². The van der Waals surface area contributed by atoms with Gasteiger partial charge in [0.15, 0.2) is 0 Å². The van der Waals surface area contributed by atoms with Crippen molar-refractivity contribution < 1.29 is 13.6 Å². The van der Waals surface area contributed by atoms with E-state index in [2.05, 4.69) is 25.7 Å². The lowest BCUT2D eigenvalue weighted by Gasteiger charge is -2.45. The van der Waals surface area contributed by atoms with Gasteiger partial charge in [-0.3, -0.25) is 9.79 Å². The average molecular weight is 468 g/mol. The SMILES string of the molecule is CC(=O)NC1(C)CC(Nc2ncc3c(-c4ccc5c(n4)C(C)(CC(F)F)C(C)=N5)ccn3n2)C1. The van der Waals surface area contributed by atoms with Gasteiger partial charge in [-0.15, -0.1) is 5.10 Å². The first-order chi connectivity index (χ1) is 16.1. The number of pyridine rings is 1. The molecule has 10 heteroatoms. The van der Waals surface area contributed by atoms with Gasteiger partial charge in [0, 0.05) is 42.4 Å². The smallest absolute Gasteiger partial charge is 0.241 e. The van der Waals surface area contributed by atoms with Crippen molar-refractivity contribution in [2.75, 3.05) is 5.32 Å². The third-order valence-corrected chi connectivity index (χ3v) is 6.94. The maximum Gasteiger partial charge on any atom is 0.241 e. The van der Waals surface area contributed by atoms with Gasteiger partial charge in [-0.1, -0.05) is 0 Å². The van der Waals surface area contributed by atoms with Crippen LogP contribution in [0, 0.1) is 0 Å². The fourth-order valence-electron chi connectivity index (χ4n) is 5.15. The number of carbonyl (C=O) groups excluding carboxylic acids is 1. The van der Waals surface area contributed by atoms with Crippen LogP contribution >= 0.6 is 0 Å². The zero-order valence-corrected chi connectivity index (χ0v) is 19.6. The first kappa shape index (κ1) is 22.4. The van der Waals surface area contributed by atoms with E-state index in [0.29, 0.717) is 28.7 Å². The van der Waals surface area contributed by atoms with Gasteiger partial charge >= 0.3 is 0 Å². The molecule has 2 aliphatic rings. The van der Waals surface area contributed by atoms with Gasteiger partial charge in [0.2, 0.25) is 18.3 Å². The number of fused-ring (bicyclic) bond motifs is 2. The summed E-state index contributed by atoms with van der Waals surface area (Å²) in [7, 11) is 0. The number of hydrogen-bond donors (Lipinski definition) is 2. The lowest BCUT2D eigenvalue weighted by atomic mass is 9.74. The Kier molecular flexibility index (Phi) is 5.14. The summed E-state index contributed by atoms with van der Waals surface area (Å²) in [6.45, 7) is 7.10. The number of hydrogen-bond acceptors (Lipinski definition) is 6. The van der Waals surface area contributed by atoms with E-state index in [-0.39, 0.29) is 23.9 Å². The molecule has 0 bridgehead atoms. The van der Waals surface area contributed by atoms with E-state index in [4.69, 9.17) is 4.98 Å². The van der Waals surface area contributed by atoms with Crippen LogP contribution in [0.5, 0.6) is 0 Å². The maximum absolute atomic E-state index is 13.3. The van der Waals surface area contributed by atoms with Crippen molar-refractivity contribution in [1.82, 2.24) is 24.9 Å². The van der Waals surface area contributed by atoms with Gasteiger partial charge in [0.1, 0.15) is 0 Å². The summed E-state index contributed by atoms with van der Waals surface area (Å²) >= 11 is 0. The molecular formula is C24H27F2N7O. The number of anilines is 1. The second-order valence-electron chi connectivity index (χ2n) is 9.82. The summed E-state index contributed by atoms with van der Waals surface area (Å²) in [5.74, 6) is 0.467. The molecule has 0 saturated heterocycles. The van der Waals surface area contributed by atoms with Crippen LogP contribution in [0.2, 0.25) is 0 Å². The summed E-state index contributed by atoms with van der Waals surface area (Å²) in [6, 6.07) is 5.76. The van der Waals surface area contributed by atoms with Crippen LogP contribution < -0.4 is 10.6 Å². The number of nitrogens with one attached hydrogen (secondary N) is 2. The number of amides is 1. The van der Waals surface area contributed by atoms with E-state index in [1.165, 1.54) is 6.92 Å². The van der Waals surface area contributed by atoms with Crippen LogP contribution in [-0.4, -0.2) is 49.2 Å². The van der Waals surface area contributed by atoms with Crippen molar-refractivity contribution in [2.45, 2.75) is 70.4 Å². The summed E-state index contributed by atoms with van der Waals surface area (Å²) in [5, 5.41) is 10.9. The minimum Gasteiger partial charge on any atom is -0.351 e. The zero-order valence-electron chi connectivity index (χ0n) is 19.6. The number of alkyl halides is 2. The molecule has 1 aliphatic carbocycles. The van der Waals surface area contributed by atoms with Crippen molar-refractivity contribution in [3.63, 3.8) is 0 Å². The van der Waals surface area contributed by atoms with Gasteiger partial charge in [-0.25, -0.2) is 23.3 Å². The number of rotatable bonds is 6. The first-order valence-electron chi connectivity index (χ1n) is 11.3. The average Bonchev–Trinajstić information content (AvgIpc) is 3.24. The van der Waals surface area contributed by atoms with Crippen LogP contribution in [0.4, 0.5) is 20.4 Å².